The van der Waals surface area contributed by atoms with Crippen molar-refractivity contribution < 1.29 is 4.58 Å². The fraction of sp³-hybridized carbons (Fsp3) is 0.500. The summed E-state index contributed by atoms with van der Waals surface area (Å²) in [5, 5.41) is 0. The molecule has 1 aromatic carbocycles. The van der Waals surface area contributed by atoms with Gasteiger partial charge in [0.15, 0.2) is 0 Å². The van der Waals surface area contributed by atoms with Crippen LogP contribution in [-0.4, -0.2) is 35.6 Å². The van der Waals surface area contributed by atoms with Crippen molar-refractivity contribution in [1.82, 2.24) is 0 Å². The number of aliphatic imine (C=N–C) groups is 1. The maximum Gasteiger partial charge on any atom is 0.225 e. The van der Waals surface area contributed by atoms with Crippen LogP contribution in [0.4, 0.5) is 0 Å². The van der Waals surface area contributed by atoms with Crippen LogP contribution in [0.1, 0.15) is 38.8 Å². The van der Waals surface area contributed by atoms with E-state index < -0.39 is 0 Å². The number of hydrogen-bond donors (Lipinski definition) is 0. The summed E-state index contributed by atoms with van der Waals surface area (Å²) in [5.74, 6) is 0. The maximum absolute atomic E-state index is 4.54. The van der Waals surface area contributed by atoms with Gasteiger partial charge in [-0.2, -0.15) is 0 Å². The van der Waals surface area contributed by atoms with Gasteiger partial charge in [0.1, 0.15) is 13.1 Å². The largest absolute Gasteiger partial charge is 0.284 e. The lowest BCUT2D eigenvalue weighted by Crippen LogP contribution is -2.26. The number of nitrogens with zero attached hydrogens (tertiary/aromatic N) is 2. The Kier molecular flexibility index (Phi) is 5.26. The van der Waals surface area contributed by atoms with Crippen LogP contribution in [0.25, 0.3) is 0 Å². The third kappa shape index (κ3) is 3.80. The highest BCUT2D eigenvalue weighted by Gasteiger charge is 2.16. The van der Waals surface area contributed by atoms with E-state index in [1.807, 2.05) is 6.21 Å². The molecule has 2 heteroatoms. The van der Waals surface area contributed by atoms with E-state index >= 15 is 0 Å². The molecule has 2 nitrogen and oxygen atoms in total. The zero-order valence-electron chi connectivity index (χ0n) is 12.4. The Morgan fingerprint density at radius 1 is 1.17 bits per heavy atom. The van der Waals surface area contributed by atoms with E-state index in [4.69, 9.17) is 0 Å². The highest BCUT2D eigenvalue weighted by atomic mass is 15.0. The van der Waals surface area contributed by atoms with Gasteiger partial charge in [-0.25, -0.2) is 4.58 Å². The van der Waals surface area contributed by atoms with Crippen LogP contribution in [0.3, 0.4) is 0 Å². The number of aryl methyl sites for hydroxylation is 1. The average molecular weight is 245 g/mol. The highest BCUT2D eigenvalue weighted by molar-refractivity contribution is 6.36. The first kappa shape index (κ1) is 14.6. The molecule has 0 heterocycles. The molecule has 1 aromatic rings. The Bertz CT molecular complexity index is 454. The van der Waals surface area contributed by atoms with Crippen LogP contribution in [0.15, 0.2) is 29.3 Å². The van der Waals surface area contributed by atoms with Crippen molar-refractivity contribution in [2.24, 2.45) is 4.99 Å². The molecule has 1 rings (SSSR count). The summed E-state index contributed by atoms with van der Waals surface area (Å²) in [7, 11) is 2.12. The average Bonchev–Trinajstić information content (AvgIpc) is 2.30. The summed E-state index contributed by atoms with van der Waals surface area (Å²) in [6.45, 7) is 10.7. The summed E-state index contributed by atoms with van der Waals surface area (Å²) in [6, 6.07) is 9.25. The Hall–Kier alpha value is -1.44. The van der Waals surface area contributed by atoms with E-state index in [2.05, 4.69) is 75.5 Å². The molecule has 0 bridgehead atoms. The molecule has 0 N–H and O–H groups in total. The maximum atomic E-state index is 4.54. The van der Waals surface area contributed by atoms with E-state index in [1.54, 1.807) is 0 Å². The summed E-state index contributed by atoms with van der Waals surface area (Å²) >= 11 is 0. The number of rotatable bonds is 4. The lowest BCUT2D eigenvalue weighted by molar-refractivity contribution is -0.527. The van der Waals surface area contributed by atoms with Gasteiger partial charge in [-0.3, -0.25) is 4.99 Å². The predicted molar refractivity (Wildman–Crippen MR) is 80.2 cm³/mol. The van der Waals surface area contributed by atoms with Gasteiger partial charge in [-0.1, -0.05) is 18.2 Å². The molecule has 0 fully saturated rings. The molecule has 18 heavy (non-hydrogen) atoms. The lowest BCUT2D eigenvalue weighted by Gasteiger charge is -2.09. The Labute approximate surface area is 111 Å². The summed E-state index contributed by atoms with van der Waals surface area (Å²) in [5.41, 5.74) is 3.74. The quantitative estimate of drug-likeness (QED) is 0.571. The molecular formula is C16H25N2+. The van der Waals surface area contributed by atoms with E-state index in [-0.39, 0.29) is 0 Å². The molecule has 0 amide bonds. The molecule has 0 radical (unpaired) electrons. The highest BCUT2D eigenvalue weighted by Crippen LogP contribution is 2.09. The van der Waals surface area contributed by atoms with Gasteiger partial charge in [0.05, 0.1) is 11.8 Å². The Morgan fingerprint density at radius 3 is 2.28 bits per heavy atom. The van der Waals surface area contributed by atoms with Crippen molar-refractivity contribution in [2.45, 2.75) is 46.7 Å². The Balaban J connectivity index is 3.31. The first-order valence-corrected chi connectivity index (χ1v) is 6.62. The molecule has 0 spiro atoms. The van der Waals surface area contributed by atoms with Crippen LogP contribution in [-0.2, 0) is 0 Å². The van der Waals surface area contributed by atoms with Gasteiger partial charge in [-0.15, -0.1) is 0 Å². The minimum Gasteiger partial charge on any atom is -0.284 e. The molecule has 0 saturated heterocycles. The normalized spacial score (nSPS) is 13.6. The van der Waals surface area contributed by atoms with Crippen molar-refractivity contribution in [1.29, 1.82) is 0 Å². The van der Waals surface area contributed by atoms with Crippen LogP contribution in [0.2, 0.25) is 0 Å². The molecule has 0 saturated carbocycles. The van der Waals surface area contributed by atoms with Crippen LogP contribution < -0.4 is 0 Å². The van der Waals surface area contributed by atoms with Crippen LogP contribution in [0.5, 0.6) is 0 Å². The van der Waals surface area contributed by atoms with Crippen LogP contribution >= 0.6 is 0 Å². The van der Waals surface area contributed by atoms with Gasteiger partial charge in [0, 0.05) is 6.04 Å². The fourth-order valence-corrected chi connectivity index (χ4v) is 1.71. The minimum absolute atomic E-state index is 0.324. The fourth-order valence-electron chi connectivity index (χ4n) is 1.71. The second-order valence-electron chi connectivity index (χ2n) is 5.28. The first-order valence-electron chi connectivity index (χ1n) is 6.62. The molecular weight excluding hydrogens is 220 g/mol. The second kappa shape index (κ2) is 6.48. The smallest absolute Gasteiger partial charge is 0.225 e. The van der Waals surface area contributed by atoms with Gasteiger partial charge in [0.2, 0.25) is 5.71 Å². The third-order valence-electron chi connectivity index (χ3n) is 3.07. The summed E-state index contributed by atoms with van der Waals surface area (Å²) in [4.78, 5) is 4.54. The van der Waals surface area contributed by atoms with Gasteiger partial charge in [0.25, 0.3) is 0 Å². The van der Waals surface area contributed by atoms with Crippen LogP contribution in [0, 0.1) is 6.92 Å². The molecule has 0 atom stereocenters. The predicted octanol–water partition coefficient (Wildman–Crippen LogP) is 3.31. The zero-order valence-corrected chi connectivity index (χ0v) is 12.4. The molecule has 0 aliphatic carbocycles. The van der Waals surface area contributed by atoms with E-state index in [9.17, 15) is 0 Å². The van der Waals surface area contributed by atoms with E-state index in [1.165, 1.54) is 16.8 Å². The lowest BCUT2D eigenvalue weighted by atomic mass is 10.0. The standard InChI is InChI=1S/C16H25N2/c1-12(2)17-11-16(18(6)13(3)4)15-10-8-7-9-14(15)5/h7-13H,1-6H3/q+1. The van der Waals surface area contributed by atoms with Gasteiger partial charge >= 0.3 is 0 Å². The molecule has 0 aliphatic heterocycles. The zero-order chi connectivity index (χ0) is 13.7. The van der Waals surface area contributed by atoms with Gasteiger partial charge < -0.3 is 0 Å². The van der Waals surface area contributed by atoms with Crippen molar-refractivity contribution in [3.05, 3.63) is 35.4 Å². The topological polar surface area (TPSA) is 15.4 Å². The van der Waals surface area contributed by atoms with E-state index in [0.717, 1.165) is 0 Å². The Morgan fingerprint density at radius 2 is 1.78 bits per heavy atom. The van der Waals surface area contributed by atoms with Gasteiger partial charge in [-0.05, 0) is 46.2 Å². The number of hydrogen-bond acceptors (Lipinski definition) is 1. The molecule has 0 unspecified atom stereocenters. The number of benzene rings is 1. The summed E-state index contributed by atoms with van der Waals surface area (Å²) in [6.07, 6.45) is 2.01. The SMILES string of the molecule is Cc1ccccc1C(C=NC(C)C)=[N+](C)C(C)C. The second-order valence-corrected chi connectivity index (χ2v) is 5.28. The van der Waals surface area contributed by atoms with E-state index in [0.29, 0.717) is 12.1 Å². The van der Waals surface area contributed by atoms with Crippen molar-refractivity contribution >= 4 is 11.9 Å². The summed E-state index contributed by atoms with van der Waals surface area (Å²) < 4.78 is 2.27. The third-order valence-corrected chi connectivity index (χ3v) is 3.07. The molecule has 0 aromatic heterocycles. The first-order chi connectivity index (χ1) is 8.43. The molecule has 98 valence electrons. The van der Waals surface area contributed by atoms with Crippen molar-refractivity contribution in [3.8, 4) is 0 Å². The minimum atomic E-state index is 0.324. The molecule has 0 aliphatic rings. The van der Waals surface area contributed by atoms with Crippen molar-refractivity contribution in [2.75, 3.05) is 7.05 Å². The van der Waals surface area contributed by atoms with Crippen molar-refractivity contribution in [3.63, 3.8) is 0 Å². The monoisotopic (exact) mass is 245 g/mol.